The van der Waals surface area contributed by atoms with E-state index < -0.39 is 0 Å². The molecule has 0 radical (unpaired) electrons. The maximum atomic E-state index is 11.2. The second kappa shape index (κ2) is 9.21. The molecular formula is C10H18N2O3S. The van der Waals surface area contributed by atoms with Gasteiger partial charge in [-0.2, -0.15) is 11.8 Å². The van der Waals surface area contributed by atoms with Crippen molar-refractivity contribution in [1.29, 1.82) is 0 Å². The summed E-state index contributed by atoms with van der Waals surface area (Å²) in [4.78, 5) is 32.9. The summed E-state index contributed by atoms with van der Waals surface area (Å²) in [5, 5.41) is 5.05. The molecule has 92 valence electrons. The van der Waals surface area contributed by atoms with Gasteiger partial charge in [0.05, 0.1) is 6.54 Å². The van der Waals surface area contributed by atoms with Crippen molar-refractivity contribution in [2.24, 2.45) is 0 Å². The quantitative estimate of drug-likeness (QED) is 0.630. The zero-order valence-electron chi connectivity index (χ0n) is 9.67. The normalized spacial score (nSPS) is 9.62. The van der Waals surface area contributed by atoms with E-state index in [9.17, 15) is 14.4 Å². The Kier molecular flexibility index (Phi) is 8.61. The second-order valence-electron chi connectivity index (χ2n) is 3.32. The maximum absolute atomic E-state index is 11.2. The Morgan fingerprint density at radius 3 is 2.31 bits per heavy atom. The first-order chi connectivity index (χ1) is 7.56. The third kappa shape index (κ3) is 9.51. The molecule has 5 nitrogen and oxygen atoms in total. The standard InChI is InChI=1S/C10H18N2O3S/c1-8(13)3-5-11-10(15)7-12-9(14)4-6-16-2/h3-7H2,1-2H3,(H,11,15)(H,12,14). The van der Waals surface area contributed by atoms with E-state index in [1.807, 2.05) is 6.26 Å². The van der Waals surface area contributed by atoms with E-state index >= 15 is 0 Å². The molecule has 0 saturated carbocycles. The van der Waals surface area contributed by atoms with E-state index in [-0.39, 0.29) is 24.1 Å². The van der Waals surface area contributed by atoms with Crippen LogP contribution in [-0.4, -0.2) is 42.7 Å². The molecule has 0 aliphatic heterocycles. The molecule has 0 rings (SSSR count). The van der Waals surface area contributed by atoms with Crippen molar-refractivity contribution < 1.29 is 14.4 Å². The average Bonchev–Trinajstić information content (AvgIpc) is 2.23. The molecule has 0 fully saturated rings. The van der Waals surface area contributed by atoms with Crippen molar-refractivity contribution in [1.82, 2.24) is 10.6 Å². The van der Waals surface area contributed by atoms with Gasteiger partial charge in [0.15, 0.2) is 0 Å². The van der Waals surface area contributed by atoms with Crippen molar-refractivity contribution in [2.45, 2.75) is 19.8 Å². The summed E-state index contributed by atoms with van der Waals surface area (Å²) in [6, 6.07) is 0. The zero-order valence-corrected chi connectivity index (χ0v) is 10.5. The van der Waals surface area contributed by atoms with Gasteiger partial charge < -0.3 is 10.6 Å². The first-order valence-corrected chi connectivity index (χ1v) is 6.47. The summed E-state index contributed by atoms with van der Waals surface area (Å²) in [6.45, 7) is 1.77. The highest BCUT2D eigenvalue weighted by molar-refractivity contribution is 7.98. The fraction of sp³-hybridized carbons (Fsp3) is 0.700. The van der Waals surface area contributed by atoms with Gasteiger partial charge >= 0.3 is 0 Å². The van der Waals surface area contributed by atoms with Gasteiger partial charge in [0.2, 0.25) is 11.8 Å². The lowest BCUT2D eigenvalue weighted by Crippen LogP contribution is -2.37. The van der Waals surface area contributed by atoms with Crippen LogP contribution in [0, 0.1) is 0 Å². The molecule has 6 heteroatoms. The predicted octanol–water partition coefficient (Wildman–Crippen LogP) is -0.0490. The molecule has 0 aliphatic rings. The smallest absolute Gasteiger partial charge is 0.239 e. The van der Waals surface area contributed by atoms with Gasteiger partial charge in [-0.1, -0.05) is 0 Å². The highest BCUT2D eigenvalue weighted by Crippen LogP contribution is 1.94. The number of hydrogen-bond acceptors (Lipinski definition) is 4. The van der Waals surface area contributed by atoms with Gasteiger partial charge in [-0.15, -0.1) is 0 Å². The molecular weight excluding hydrogens is 228 g/mol. The van der Waals surface area contributed by atoms with Crippen molar-refractivity contribution in [3.8, 4) is 0 Å². The van der Waals surface area contributed by atoms with Crippen molar-refractivity contribution >= 4 is 29.4 Å². The SMILES string of the molecule is CSCCC(=O)NCC(=O)NCCC(C)=O. The van der Waals surface area contributed by atoms with Crippen LogP contribution in [0.1, 0.15) is 19.8 Å². The van der Waals surface area contributed by atoms with Gasteiger partial charge in [-0.25, -0.2) is 0 Å². The third-order valence-corrected chi connectivity index (χ3v) is 2.39. The van der Waals surface area contributed by atoms with E-state index in [1.165, 1.54) is 6.92 Å². The fourth-order valence-corrected chi connectivity index (χ4v) is 1.29. The lowest BCUT2D eigenvalue weighted by atomic mass is 10.3. The Balaban J connectivity index is 3.49. The Morgan fingerprint density at radius 2 is 1.75 bits per heavy atom. The third-order valence-electron chi connectivity index (χ3n) is 1.78. The topological polar surface area (TPSA) is 75.3 Å². The number of nitrogens with one attached hydrogen (secondary N) is 2. The molecule has 2 N–H and O–H groups in total. The summed E-state index contributed by atoms with van der Waals surface area (Å²) in [5.74, 6) is 0.386. The second-order valence-corrected chi connectivity index (χ2v) is 4.31. The molecule has 0 bridgehead atoms. The van der Waals surface area contributed by atoms with Crippen LogP contribution in [0.4, 0.5) is 0 Å². The van der Waals surface area contributed by atoms with Crippen LogP contribution in [-0.2, 0) is 14.4 Å². The van der Waals surface area contributed by atoms with Crippen LogP contribution < -0.4 is 10.6 Å². The van der Waals surface area contributed by atoms with Gasteiger partial charge in [0, 0.05) is 25.1 Å². The lowest BCUT2D eigenvalue weighted by Gasteiger charge is -2.05. The number of Topliss-reactive ketones (excluding diaryl/α,β-unsaturated/α-hetero) is 1. The van der Waals surface area contributed by atoms with Gasteiger partial charge in [0.25, 0.3) is 0 Å². The maximum Gasteiger partial charge on any atom is 0.239 e. The first kappa shape index (κ1) is 15.0. The average molecular weight is 246 g/mol. The molecule has 0 spiro atoms. The Morgan fingerprint density at radius 1 is 1.06 bits per heavy atom. The summed E-state index contributed by atoms with van der Waals surface area (Å²) >= 11 is 1.58. The summed E-state index contributed by atoms with van der Waals surface area (Å²) < 4.78 is 0. The van der Waals surface area contributed by atoms with Crippen LogP contribution in [0.5, 0.6) is 0 Å². The molecule has 0 aromatic carbocycles. The van der Waals surface area contributed by atoms with E-state index in [1.54, 1.807) is 11.8 Å². The fourth-order valence-electron chi connectivity index (χ4n) is 0.902. The minimum Gasteiger partial charge on any atom is -0.354 e. The van der Waals surface area contributed by atoms with Crippen LogP contribution in [0.2, 0.25) is 0 Å². The number of hydrogen-bond donors (Lipinski definition) is 2. The zero-order chi connectivity index (χ0) is 12.4. The highest BCUT2D eigenvalue weighted by atomic mass is 32.2. The van der Waals surface area contributed by atoms with Crippen molar-refractivity contribution in [3.63, 3.8) is 0 Å². The minimum absolute atomic E-state index is 0.0227. The monoisotopic (exact) mass is 246 g/mol. The molecule has 0 heterocycles. The number of carbonyl (C=O) groups excluding carboxylic acids is 3. The number of carbonyl (C=O) groups is 3. The van der Waals surface area contributed by atoms with Gasteiger partial charge in [0.1, 0.15) is 5.78 Å². The van der Waals surface area contributed by atoms with Crippen LogP contribution in [0.25, 0.3) is 0 Å². The Bertz CT molecular complexity index is 256. The van der Waals surface area contributed by atoms with Gasteiger partial charge in [-0.3, -0.25) is 14.4 Å². The molecule has 0 aromatic heterocycles. The molecule has 0 atom stereocenters. The largest absolute Gasteiger partial charge is 0.354 e. The number of rotatable bonds is 8. The molecule has 0 aliphatic carbocycles. The lowest BCUT2D eigenvalue weighted by molar-refractivity contribution is -0.126. The van der Waals surface area contributed by atoms with Crippen LogP contribution >= 0.6 is 11.8 Å². The van der Waals surface area contributed by atoms with E-state index in [4.69, 9.17) is 0 Å². The first-order valence-electron chi connectivity index (χ1n) is 5.08. The molecule has 0 unspecified atom stereocenters. The molecule has 16 heavy (non-hydrogen) atoms. The highest BCUT2D eigenvalue weighted by Gasteiger charge is 2.04. The summed E-state index contributed by atoms with van der Waals surface area (Å²) in [5.41, 5.74) is 0. The number of ketones is 1. The number of amides is 2. The van der Waals surface area contributed by atoms with Crippen molar-refractivity contribution in [3.05, 3.63) is 0 Å². The molecule has 0 aromatic rings. The number of thioether (sulfide) groups is 1. The van der Waals surface area contributed by atoms with Gasteiger partial charge in [-0.05, 0) is 13.2 Å². The van der Waals surface area contributed by atoms with Crippen LogP contribution in [0.3, 0.4) is 0 Å². The van der Waals surface area contributed by atoms with E-state index in [0.29, 0.717) is 19.4 Å². The Hall–Kier alpha value is -1.04. The van der Waals surface area contributed by atoms with Crippen LogP contribution in [0.15, 0.2) is 0 Å². The predicted molar refractivity (Wildman–Crippen MR) is 64.3 cm³/mol. The Labute approximate surface area is 99.7 Å². The molecule has 2 amide bonds. The van der Waals surface area contributed by atoms with Crippen molar-refractivity contribution in [2.75, 3.05) is 25.1 Å². The minimum atomic E-state index is -0.265. The molecule has 0 saturated heterocycles. The summed E-state index contributed by atoms with van der Waals surface area (Å²) in [7, 11) is 0. The van der Waals surface area contributed by atoms with E-state index in [2.05, 4.69) is 10.6 Å². The summed E-state index contributed by atoms with van der Waals surface area (Å²) in [6.07, 6.45) is 2.66. The van der Waals surface area contributed by atoms with E-state index in [0.717, 1.165) is 5.75 Å².